The van der Waals surface area contributed by atoms with Crippen LogP contribution in [0.2, 0.25) is 10.0 Å². The molecule has 1 saturated heterocycles. The van der Waals surface area contributed by atoms with Crippen LogP contribution in [0.25, 0.3) is 0 Å². The lowest BCUT2D eigenvalue weighted by atomic mass is 10.1. The van der Waals surface area contributed by atoms with Crippen LogP contribution in [0.4, 0.5) is 0 Å². The Hall–Kier alpha value is -2.72. The number of hydrogen-bond donors (Lipinski definition) is 3. The Balaban J connectivity index is 0.000000287. The van der Waals surface area contributed by atoms with Gasteiger partial charge in [0.2, 0.25) is 5.91 Å². The van der Waals surface area contributed by atoms with E-state index in [1.165, 1.54) is 11.8 Å². The highest BCUT2D eigenvalue weighted by Crippen LogP contribution is 2.26. The topological polar surface area (TPSA) is 130 Å². The summed E-state index contributed by atoms with van der Waals surface area (Å²) in [7, 11) is 0. The van der Waals surface area contributed by atoms with Gasteiger partial charge < -0.3 is 25.6 Å². The third kappa shape index (κ3) is 7.95. The second-order valence-corrected chi connectivity index (χ2v) is 8.92. The molecule has 1 fully saturated rings. The standard InChI is InChI=1S/C16H15Cl2NO3.C7H9NO3S/c17-13-2-1-3-14(18)12(13)9-22-11-6-4-10(5-7-11)8-15(19)16(20)21;1-4(9)8-3-5(12)2-6(8)7(10)11/h1-7,15H,8-9,19H2,(H,20,21);6H,2-3H2,1H3,(H,10,11)/t15-;6-/m00/s1. The molecule has 0 bridgehead atoms. The van der Waals surface area contributed by atoms with Crippen LogP contribution in [0.1, 0.15) is 24.5 Å². The summed E-state index contributed by atoms with van der Waals surface area (Å²) in [5, 5.41) is 18.6. The first-order valence-corrected chi connectivity index (χ1v) is 11.3. The molecule has 0 saturated carbocycles. The van der Waals surface area contributed by atoms with Gasteiger partial charge in [0.1, 0.15) is 24.4 Å². The lowest BCUT2D eigenvalue weighted by Crippen LogP contribution is -2.39. The van der Waals surface area contributed by atoms with E-state index in [1.807, 2.05) is 0 Å². The minimum atomic E-state index is -1.02. The lowest BCUT2D eigenvalue weighted by molar-refractivity contribution is -0.147. The lowest BCUT2D eigenvalue weighted by Gasteiger charge is -2.18. The van der Waals surface area contributed by atoms with E-state index in [2.05, 4.69) is 0 Å². The zero-order valence-electron chi connectivity index (χ0n) is 18.2. The number of rotatable bonds is 7. The van der Waals surface area contributed by atoms with Crippen LogP contribution >= 0.6 is 35.4 Å². The number of carboxylic acids is 2. The fourth-order valence-corrected chi connectivity index (χ4v) is 3.93. The molecule has 2 aromatic rings. The number of halogens is 2. The number of likely N-dealkylation sites (tertiary alicyclic amines) is 1. The Morgan fingerprint density at radius 2 is 1.74 bits per heavy atom. The largest absolute Gasteiger partial charge is 0.489 e. The number of nitrogens with zero attached hydrogens (tertiary/aromatic N) is 1. The number of thiocarbonyl (C=S) groups is 1. The van der Waals surface area contributed by atoms with Crippen LogP contribution in [0.15, 0.2) is 42.5 Å². The highest BCUT2D eigenvalue weighted by atomic mass is 35.5. The maximum atomic E-state index is 10.9. The molecule has 4 N–H and O–H groups in total. The van der Waals surface area contributed by atoms with Crippen molar-refractivity contribution in [1.29, 1.82) is 0 Å². The number of carbonyl (C=O) groups excluding carboxylic acids is 1. The van der Waals surface area contributed by atoms with Crippen molar-refractivity contribution in [2.24, 2.45) is 5.73 Å². The van der Waals surface area contributed by atoms with Crippen LogP contribution in [0.3, 0.4) is 0 Å². The maximum Gasteiger partial charge on any atom is 0.326 e. The summed E-state index contributed by atoms with van der Waals surface area (Å²) in [4.78, 5) is 34.2. The molecule has 1 heterocycles. The van der Waals surface area contributed by atoms with E-state index in [-0.39, 0.29) is 18.9 Å². The molecule has 2 atom stereocenters. The molecule has 0 unspecified atom stereocenters. The number of ether oxygens (including phenoxy) is 1. The molecule has 182 valence electrons. The summed E-state index contributed by atoms with van der Waals surface area (Å²) >= 11 is 17.0. The highest BCUT2D eigenvalue weighted by molar-refractivity contribution is 7.80. The Morgan fingerprint density at radius 1 is 1.15 bits per heavy atom. The Bertz CT molecular complexity index is 1020. The first-order valence-electron chi connectivity index (χ1n) is 10.1. The van der Waals surface area contributed by atoms with Crippen molar-refractivity contribution in [2.45, 2.75) is 38.5 Å². The van der Waals surface area contributed by atoms with Gasteiger partial charge in [-0.25, -0.2) is 4.79 Å². The van der Waals surface area contributed by atoms with E-state index >= 15 is 0 Å². The molecule has 0 spiro atoms. The van der Waals surface area contributed by atoms with Crippen molar-refractivity contribution in [3.05, 3.63) is 63.6 Å². The molecule has 0 aromatic heterocycles. The molecule has 1 amide bonds. The Morgan fingerprint density at radius 3 is 2.21 bits per heavy atom. The van der Waals surface area contributed by atoms with Gasteiger partial charge in [-0.3, -0.25) is 9.59 Å². The summed E-state index contributed by atoms with van der Waals surface area (Å²) < 4.78 is 5.64. The van der Waals surface area contributed by atoms with Crippen molar-refractivity contribution in [2.75, 3.05) is 6.54 Å². The monoisotopic (exact) mass is 526 g/mol. The first kappa shape index (κ1) is 27.5. The van der Waals surface area contributed by atoms with Gasteiger partial charge in [0, 0.05) is 33.8 Å². The van der Waals surface area contributed by atoms with Gasteiger partial charge in [0.05, 0.1) is 6.54 Å². The molecular weight excluding hydrogens is 503 g/mol. The normalized spacial score (nSPS) is 15.8. The fourth-order valence-electron chi connectivity index (χ4n) is 3.13. The third-order valence-electron chi connectivity index (χ3n) is 4.97. The quantitative estimate of drug-likeness (QED) is 0.466. The Kier molecular flexibility index (Phi) is 10.2. The number of nitrogens with two attached hydrogens (primary N) is 1. The molecule has 1 aliphatic rings. The molecule has 11 heteroatoms. The zero-order valence-corrected chi connectivity index (χ0v) is 20.6. The van der Waals surface area contributed by atoms with Crippen LogP contribution in [0, 0.1) is 0 Å². The summed E-state index contributed by atoms with van der Waals surface area (Å²) in [5.74, 6) is -1.59. The van der Waals surface area contributed by atoms with Crippen LogP contribution in [0.5, 0.6) is 5.75 Å². The van der Waals surface area contributed by atoms with Gasteiger partial charge in [-0.05, 0) is 36.2 Å². The minimum Gasteiger partial charge on any atom is -0.489 e. The molecule has 8 nitrogen and oxygen atoms in total. The molecule has 34 heavy (non-hydrogen) atoms. The molecule has 0 radical (unpaired) electrons. The van der Waals surface area contributed by atoms with Crippen LogP contribution in [-0.2, 0) is 27.4 Å². The van der Waals surface area contributed by atoms with E-state index in [0.717, 1.165) is 11.1 Å². The zero-order chi connectivity index (χ0) is 25.4. The maximum absolute atomic E-state index is 10.9. The van der Waals surface area contributed by atoms with Gasteiger partial charge >= 0.3 is 11.9 Å². The number of hydrogen-bond acceptors (Lipinski definition) is 6. The first-order chi connectivity index (χ1) is 16.0. The second kappa shape index (κ2) is 12.7. The van der Waals surface area contributed by atoms with E-state index in [1.54, 1.807) is 42.5 Å². The van der Waals surface area contributed by atoms with E-state index in [9.17, 15) is 14.4 Å². The van der Waals surface area contributed by atoms with E-state index in [4.69, 9.17) is 56.1 Å². The average Bonchev–Trinajstić information content (AvgIpc) is 3.17. The van der Waals surface area contributed by atoms with Crippen LogP contribution < -0.4 is 10.5 Å². The number of carbonyl (C=O) groups is 3. The van der Waals surface area contributed by atoms with Crippen molar-refractivity contribution in [3.8, 4) is 5.75 Å². The molecule has 1 aliphatic heterocycles. The summed E-state index contributed by atoms with van der Waals surface area (Å²) in [6.07, 6.45) is 0.580. The van der Waals surface area contributed by atoms with Gasteiger partial charge in [-0.15, -0.1) is 0 Å². The number of benzene rings is 2. The minimum absolute atomic E-state index is 0.234. The summed E-state index contributed by atoms with van der Waals surface area (Å²) in [6, 6.07) is 10.7. The molecule has 2 aromatic carbocycles. The van der Waals surface area contributed by atoms with Gasteiger partial charge in [0.25, 0.3) is 0 Å². The smallest absolute Gasteiger partial charge is 0.326 e. The van der Waals surface area contributed by atoms with E-state index < -0.39 is 24.0 Å². The van der Waals surface area contributed by atoms with Gasteiger partial charge in [-0.2, -0.15) is 0 Å². The third-order valence-corrected chi connectivity index (χ3v) is 5.98. The average molecular weight is 527 g/mol. The predicted octanol–water partition coefficient (Wildman–Crippen LogP) is 3.59. The highest BCUT2D eigenvalue weighted by Gasteiger charge is 2.34. The van der Waals surface area contributed by atoms with Crippen molar-refractivity contribution in [3.63, 3.8) is 0 Å². The molecule has 3 rings (SSSR count). The fraction of sp³-hybridized carbons (Fsp3) is 0.304. The van der Waals surface area contributed by atoms with Crippen molar-refractivity contribution >= 4 is 58.1 Å². The van der Waals surface area contributed by atoms with Crippen LogP contribution in [-0.4, -0.2) is 56.5 Å². The van der Waals surface area contributed by atoms with Gasteiger partial charge in [-0.1, -0.05) is 53.6 Å². The summed E-state index contributed by atoms with van der Waals surface area (Å²) in [6.45, 7) is 1.91. The van der Waals surface area contributed by atoms with Crippen molar-refractivity contribution < 1.29 is 29.3 Å². The van der Waals surface area contributed by atoms with E-state index in [0.29, 0.717) is 33.6 Å². The molecule has 0 aliphatic carbocycles. The number of amides is 1. The second-order valence-electron chi connectivity index (χ2n) is 7.53. The molecular formula is C23H24Cl2N2O6S. The predicted molar refractivity (Wildman–Crippen MR) is 133 cm³/mol. The van der Waals surface area contributed by atoms with Gasteiger partial charge in [0.15, 0.2) is 0 Å². The van der Waals surface area contributed by atoms with Crippen molar-refractivity contribution in [1.82, 2.24) is 4.90 Å². The Labute approximate surface area is 212 Å². The number of aliphatic carboxylic acids is 2. The summed E-state index contributed by atoms with van der Waals surface area (Å²) in [5.41, 5.74) is 7.05. The number of carboxylic acid groups (broad SMARTS) is 2. The SMILES string of the molecule is CC(=O)N1CC(=S)C[C@H]1C(=O)O.N[C@@H](Cc1ccc(OCc2c(Cl)cccc2Cl)cc1)C(=O)O.